The van der Waals surface area contributed by atoms with E-state index in [1.807, 2.05) is 13.8 Å². The number of rotatable bonds is 9. The summed E-state index contributed by atoms with van der Waals surface area (Å²) in [5, 5.41) is 0. The second-order valence-corrected chi connectivity index (χ2v) is 6.56. The van der Waals surface area contributed by atoms with E-state index in [1.165, 1.54) is 0 Å². The van der Waals surface area contributed by atoms with Gasteiger partial charge in [-0.25, -0.2) is 0 Å². The normalized spacial score (nSPS) is 14.4. The molecule has 0 saturated carbocycles. The molecule has 4 nitrogen and oxygen atoms in total. The summed E-state index contributed by atoms with van der Waals surface area (Å²) >= 11 is 0. The topological polar surface area (TPSA) is 63.6 Å². The monoisotopic (exact) mass is 250 g/mol. The van der Waals surface area contributed by atoms with Gasteiger partial charge in [-0.05, 0) is 12.8 Å². The molecule has 0 radical (unpaired) electrons. The van der Waals surface area contributed by atoms with E-state index in [0.717, 1.165) is 25.7 Å². The fraction of sp³-hybridized carbons (Fsp3) is 0.909. The first-order valence-corrected chi connectivity index (χ1v) is 8.01. The van der Waals surface area contributed by atoms with Gasteiger partial charge in [-0.3, -0.25) is 9.36 Å². The molecule has 0 aliphatic carbocycles. The van der Waals surface area contributed by atoms with Crippen molar-refractivity contribution in [2.24, 2.45) is 0 Å². The number of carbonyl (C=O) groups is 1. The third kappa shape index (κ3) is 8.93. The summed E-state index contributed by atoms with van der Waals surface area (Å²) in [7, 11) is -3.10. The Kier molecular flexibility index (Phi) is 8.58. The van der Waals surface area contributed by atoms with Crippen LogP contribution >= 0.6 is 7.37 Å². The number of hydrogen-bond donors (Lipinski definition) is 1. The van der Waals surface area contributed by atoms with Crippen molar-refractivity contribution in [3.05, 3.63) is 0 Å². The second-order valence-electron chi connectivity index (χ2n) is 3.97. The van der Waals surface area contributed by atoms with E-state index in [2.05, 4.69) is 0 Å². The molecule has 0 rings (SSSR count). The molecule has 0 aliphatic rings. The Morgan fingerprint density at radius 1 is 1.19 bits per heavy atom. The number of esters is 1. The first-order valence-electron chi connectivity index (χ1n) is 5.98. The predicted octanol–water partition coefficient (Wildman–Crippen LogP) is 2.79. The Hall–Kier alpha value is -0.340. The Labute approximate surface area is 97.8 Å². The van der Waals surface area contributed by atoms with Crippen LogP contribution in [0.5, 0.6) is 0 Å². The molecular formula is C11H23O4P. The van der Waals surface area contributed by atoms with Crippen LogP contribution in [-0.4, -0.2) is 29.8 Å². The van der Waals surface area contributed by atoms with Gasteiger partial charge in [-0.1, -0.05) is 26.7 Å². The molecule has 96 valence electrons. The van der Waals surface area contributed by atoms with Gasteiger partial charge in [0.15, 0.2) is 0 Å². The number of carbonyl (C=O) groups excluding carboxylic acids is 1. The molecule has 0 aromatic rings. The highest BCUT2D eigenvalue weighted by Gasteiger charge is 2.19. The average Bonchev–Trinajstić information content (AvgIpc) is 2.24. The largest absolute Gasteiger partial charge is 0.466 e. The second kappa shape index (κ2) is 8.77. The summed E-state index contributed by atoms with van der Waals surface area (Å²) in [5.41, 5.74) is 0. The van der Waals surface area contributed by atoms with Crippen LogP contribution in [0.3, 0.4) is 0 Å². The van der Waals surface area contributed by atoms with Crippen molar-refractivity contribution < 1.29 is 19.0 Å². The smallest absolute Gasteiger partial charge is 0.306 e. The van der Waals surface area contributed by atoms with Crippen molar-refractivity contribution >= 4 is 13.3 Å². The van der Waals surface area contributed by atoms with Gasteiger partial charge < -0.3 is 9.63 Å². The van der Waals surface area contributed by atoms with Crippen molar-refractivity contribution in [3.63, 3.8) is 0 Å². The molecule has 5 heteroatoms. The number of ether oxygens (including phenoxy) is 1. The maximum absolute atomic E-state index is 11.6. The highest BCUT2D eigenvalue weighted by molar-refractivity contribution is 7.58. The zero-order valence-electron chi connectivity index (χ0n) is 10.3. The third-order valence-corrected chi connectivity index (χ3v) is 4.22. The van der Waals surface area contributed by atoms with E-state index in [1.54, 1.807) is 0 Å². The lowest BCUT2D eigenvalue weighted by atomic mass is 10.4. The summed E-state index contributed by atoms with van der Waals surface area (Å²) < 4.78 is 16.5. The van der Waals surface area contributed by atoms with E-state index >= 15 is 0 Å². The molecule has 0 aliphatic heterocycles. The molecule has 16 heavy (non-hydrogen) atoms. The maximum atomic E-state index is 11.6. The Morgan fingerprint density at radius 2 is 1.81 bits per heavy atom. The zero-order valence-corrected chi connectivity index (χ0v) is 11.2. The molecule has 0 heterocycles. The van der Waals surface area contributed by atoms with E-state index in [-0.39, 0.29) is 18.6 Å². The molecule has 0 saturated heterocycles. The lowest BCUT2D eigenvalue weighted by Crippen LogP contribution is -2.08. The lowest BCUT2D eigenvalue weighted by Gasteiger charge is -2.10. The summed E-state index contributed by atoms with van der Waals surface area (Å²) in [4.78, 5) is 20.7. The van der Waals surface area contributed by atoms with Crippen molar-refractivity contribution in [3.8, 4) is 0 Å². The van der Waals surface area contributed by atoms with Gasteiger partial charge in [0.1, 0.15) is 0 Å². The first-order chi connectivity index (χ1) is 7.52. The van der Waals surface area contributed by atoms with Crippen LogP contribution in [0.2, 0.25) is 0 Å². The molecule has 0 bridgehead atoms. The van der Waals surface area contributed by atoms with Crippen molar-refractivity contribution in [2.75, 3.05) is 18.9 Å². The first kappa shape index (κ1) is 15.7. The molecule has 0 aromatic heterocycles. The minimum Gasteiger partial charge on any atom is -0.466 e. The average molecular weight is 250 g/mol. The summed E-state index contributed by atoms with van der Waals surface area (Å²) in [6, 6.07) is 0. The molecular weight excluding hydrogens is 227 g/mol. The summed E-state index contributed by atoms with van der Waals surface area (Å²) in [6.07, 6.45) is 3.87. The van der Waals surface area contributed by atoms with Crippen LogP contribution < -0.4 is 0 Å². The van der Waals surface area contributed by atoms with Crippen molar-refractivity contribution in [1.82, 2.24) is 0 Å². The lowest BCUT2D eigenvalue weighted by molar-refractivity contribution is -0.143. The number of hydrogen-bond acceptors (Lipinski definition) is 3. The quantitative estimate of drug-likeness (QED) is 0.388. The van der Waals surface area contributed by atoms with Crippen molar-refractivity contribution in [1.29, 1.82) is 0 Å². The minimum absolute atomic E-state index is 0.0535. The summed E-state index contributed by atoms with van der Waals surface area (Å²) in [5.74, 6) is -0.362. The fourth-order valence-corrected chi connectivity index (χ4v) is 2.75. The Morgan fingerprint density at radius 3 is 2.38 bits per heavy atom. The van der Waals surface area contributed by atoms with Crippen molar-refractivity contribution in [2.45, 2.75) is 46.0 Å². The predicted molar refractivity (Wildman–Crippen MR) is 65.0 cm³/mol. The van der Waals surface area contributed by atoms with Gasteiger partial charge in [-0.2, -0.15) is 0 Å². The van der Waals surface area contributed by atoms with Crippen LogP contribution in [0.15, 0.2) is 0 Å². The molecule has 0 aromatic carbocycles. The van der Waals surface area contributed by atoms with E-state index in [0.29, 0.717) is 12.8 Å². The van der Waals surface area contributed by atoms with Crippen LogP contribution in [0, 0.1) is 0 Å². The molecule has 0 fully saturated rings. The molecule has 1 N–H and O–H groups in total. The van der Waals surface area contributed by atoms with Gasteiger partial charge >= 0.3 is 5.97 Å². The van der Waals surface area contributed by atoms with E-state index < -0.39 is 7.37 Å². The molecule has 1 unspecified atom stereocenters. The van der Waals surface area contributed by atoms with Crippen LogP contribution in [0.4, 0.5) is 0 Å². The number of unbranched alkanes of at least 4 members (excludes halogenated alkanes) is 2. The molecule has 0 spiro atoms. The van der Waals surface area contributed by atoms with Crippen LogP contribution in [-0.2, 0) is 14.1 Å². The van der Waals surface area contributed by atoms with Crippen LogP contribution in [0.1, 0.15) is 46.0 Å². The third-order valence-electron chi connectivity index (χ3n) is 2.29. The van der Waals surface area contributed by atoms with Gasteiger partial charge in [0, 0.05) is 12.3 Å². The Bertz CT molecular complexity index is 240. The van der Waals surface area contributed by atoms with Gasteiger partial charge in [0.2, 0.25) is 7.37 Å². The molecule has 1 atom stereocenters. The maximum Gasteiger partial charge on any atom is 0.306 e. The summed E-state index contributed by atoms with van der Waals surface area (Å²) in [6.45, 7) is 4.40. The molecule has 0 amide bonds. The van der Waals surface area contributed by atoms with E-state index in [4.69, 9.17) is 4.74 Å². The minimum atomic E-state index is -3.10. The van der Waals surface area contributed by atoms with Gasteiger partial charge in [-0.15, -0.1) is 0 Å². The highest BCUT2D eigenvalue weighted by atomic mass is 31.2. The highest BCUT2D eigenvalue weighted by Crippen LogP contribution is 2.41. The van der Waals surface area contributed by atoms with Gasteiger partial charge in [0.05, 0.1) is 13.0 Å². The van der Waals surface area contributed by atoms with Gasteiger partial charge in [0.25, 0.3) is 0 Å². The zero-order chi connectivity index (χ0) is 12.4. The fourth-order valence-electron chi connectivity index (χ4n) is 1.19. The SMILES string of the molecule is CCCCOC(=O)CCP(=O)(O)CCCC. The Balaban J connectivity index is 3.68. The van der Waals surface area contributed by atoms with Crippen LogP contribution in [0.25, 0.3) is 0 Å². The van der Waals surface area contributed by atoms with E-state index in [9.17, 15) is 14.3 Å². The standard InChI is InChI=1S/C11H23O4P/c1-3-5-8-15-11(12)7-10-16(13,14)9-6-4-2/h3-10H2,1-2H3,(H,13,14).